The number of carbonyl (C=O) groups excluding carboxylic acids is 4. The smallest absolute Gasteiger partial charge is 0.457 e. The third-order valence-electron chi connectivity index (χ3n) is 9.13. The van der Waals surface area contributed by atoms with E-state index in [-0.39, 0.29) is 12.5 Å². The summed E-state index contributed by atoms with van der Waals surface area (Å²) in [7, 11) is 0.883. The number of nitrogens with one attached hydrogen (secondary N) is 1. The van der Waals surface area contributed by atoms with Crippen molar-refractivity contribution in [3.05, 3.63) is 0 Å². The Morgan fingerprint density at radius 1 is 0.955 bits per heavy atom. The third kappa shape index (κ3) is 7.81. The average Bonchev–Trinajstić information content (AvgIpc) is 3.30. The van der Waals surface area contributed by atoms with Gasteiger partial charge in [0.05, 0.1) is 24.4 Å². The van der Waals surface area contributed by atoms with Crippen LogP contribution < -0.4 is 5.32 Å². The van der Waals surface area contributed by atoms with Crippen LogP contribution >= 0.6 is 0 Å². The molecule has 3 rings (SSSR count). The minimum absolute atomic E-state index is 0.0933. The van der Waals surface area contributed by atoms with Crippen molar-refractivity contribution in [2.75, 3.05) is 20.2 Å². The highest BCUT2D eigenvalue weighted by Gasteiger charge is 2.63. The van der Waals surface area contributed by atoms with Gasteiger partial charge in [-0.25, -0.2) is 14.4 Å². The van der Waals surface area contributed by atoms with Crippen molar-refractivity contribution in [3.63, 3.8) is 0 Å². The average molecular weight is 624 g/mol. The fraction of sp³-hybridized carbons (Fsp3) is 0.871. The molecule has 0 aromatic rings. The molecule has 3 aliphatic heterocycles. The molecule has 0 radical (unpaired) electrons. The molecule has 0 spiro atoms. The number of alkyl carbamates (subject to hydrolysis) is 1. The van der Waals surface area contributed by atoms with Gasteiger partial charge in [-0.2, -0.15) is 0 Å². The van der Waals surface area contributed by atoms with Crippen molar-refractivity contribution in [2.45, 2.75) is 149 Å². The maximum Gasteiger partial charge on any atom is 0.457 e. The largest absolute Gasteiger partial charge is 0.467 e. The molecule has 1 N–H and O–H groups in total. The first-order chi connectivity index (χ1) is 20.0. The predicted octanol–water partition coefficient (Wildman–Crippen LogP) is 4.54. The fourth-order valence-electron chi connectivity index (χ4n) is 6.55. The molecule has 44 heavy (non-hydrogen) atoms. The highest BCUT2D eigenvalue weighted by Crippen LogP contribution is 2.51. The molecule has 0 aromatic carbocycles. The Balaban J connectivity index is 1.94. The molecule has 3 amide bonds. The van der Waals surface area contributed by atoms with E-state index in [1.54, 1.807) is 53.4 Å². The van der Waals surface area contributed by atoms with Crippen LogP contribution in [0.4, 0.5) is 9.59 Å². The SMILES string of the molecule is COC(=O)[C@H]1N(C(=O)OC(C)(C)C)C[C@@H]2N(C(=O)[C@H](C)NC(=O)OC(C)(C)C)CCC[C@@]21CCCB1OC(C)(C)C(C)(C)O1. The maximum atomic E-state index is 13.9. The minimum Gasteiger partial charge on any atom is -0.467 e. The van der Waals surface area contributed by atoms with Crippen molar-refractivity contribution >= 4 is 31.2 Å². The predicted molar refractivity (Wildman–Crippen MR) is 165 cm³/mol. The molecule has 250 valence electrons. The molecule has 0 bridgehead atoms. The number of esters is 1. The number of methoxy groups -OCH3 is 1. The van der Waals surface area contributed by atoms with Crippen molar-refractivity contribution in [3.8, 4) is 0 Å². The van der Waals surface area contributed by atoms with Gasteiger partial charge in [0.1, 0.15) is 23.3 Å². The second-order valence-corrected chi connectivity index (χ2v) is 15.4. The Bertz CT molecular complexity index is 1080. The summed E-state index contributed by atoms with van der Waals surface area (Å²) in [6.07, 6.45) is 1.57. The molecule has 13 heteroatoms. The van der Waals surface area contributed by atoms with E-state index in [1.165, 1.54) is 12.0 Å². The van der Waals surface area contributed by atoms with E-state index in [4.69, 9.17) is 23.5 Å². The molecule has 0 unspecified atom stereocenters. The van der Waals surface area contributed by atoms with Crippen LogP contribution in [0.3, 0.4) is 0 Å². The highest BCUT2D eigenvalue weighted by molar-refractivity contribution is 6.45. The lowest BCUT2D eigenvalue weighted by molar-refractivity contribution is -0.153. The third-order valence-corrected chi connectivity index (χ3v) is 9.13. The summed E-state index contributed by atoms with van der Waals surface area (Å²) in [6, 6.07) is -2.37. The van der Waals surface area contributed by atoms with E-state index in [1.807, 2.05) is 27.7 Å². The first kappa shape index (κ1) is 35.9. The van der Waals surface area contributed by atoms with Crippen molar-refractivity contribution in [2.24, 2.45) is 5.41 Å². The van der Waals surface area contributed by atoms with Crippen LogP contribution in [0.25, 0.3) is 0 Å². The number of fused-ring (bicyclic) bond motifs is 1. The van der Waals surface area contributed by atoms with E-state index in [9.17, 15) is 19.2 Å². The zero-order valence-corrected chi connectivity index (χ0v) is 28.8. The molecule has 3 aliphatic rings. The summed E-state index contributed by atoms with van der Waals surface area (Å²) in [6.45, 7) is 20.7. The summed E-state index contributed by atoms with van der Waals surface area (Å²) in [5.74, 6) is -0.867. The molecular formula is C31H54BN3O9. The zero-order chi connectivity index (χ0) is 33.5. The zero-order valence-electron chi connectivity index (χ0n) is 28.8. The molecule has 0 aliphatic carbocycles. The summed E-state index contributed by atoms with van der Waals surface area (Å²) >= 11 is 0. The fourth-order valence-corrected chi connectivity index (χ4v) is 6.55. The normalized spacial score (nSPS) is 27.0. The van der Waals surface area contributed by atoms with Gasteiger partial charge in [0, 0.05) is 18.5 Å². The van der Waals surface area contributed by atoms with Gasteiger partial charge in [-0.15, -0.1) is 0 Å². The van der Waals surface area contributed by atoms with Gasteiger partial charge < -0.3 is 33.7 Å². The van der Waals surface area contributed by atoms with E-state index >= 15 is 0 Å². The number of ether oxygens (including phenoxy) is 3. The van der Waals surface area contributed by atoms with Crippen molar-refractivity contribution < 1.29 is 42.7 Å². The van der Waals surface area contributed by atoms with Crippen molar-refractivity contribution in [1.82, 2.24) is 15.1 Å². The van der Waals surface area contributed by atoms with Gasteiger partial charge in [0.2, 0.25) is 5.91 Å². The topological polar surface area (TPSA) is 133 Å². The summed E-state index contributed by atoms with van der Waals surface area (Å²) < 4.78 is 28.8. The first-order valence-electron chi connectivity index (χ1n) is 15.8. The Hall–Kier alpha value is -2.54. The first-order valence-corrected chi connectivity index (χ1v) is 15.8. The standard InChI is InChI=1S/C31H54BN3O9/c1-20(33-25(38)41-27(2,3)4)23(36)34-18-14-16-31(15-13-17-32-43-29(8,9)30(10,11)44-32)21(34)19-35(22(31)24(37)40-12)26(39)42-28(5,6)7/h20-22H,13-19H2,1-12H3,(H,33,38)/t20-,21-,22+,31-/m0/s1. The van der Waals surface area contributed by atoms with Crippen LogP contribution in [0.2, 0.25) is 6.32 Å². The molecule has 12 nitrogen and oxygen atoms in total. The van der Waals surface area contributed by atoms with Crippen molar-refractivity contribution in [1.29, 1.82) is 0 Å². The van der Waals surface area contributed by atoms with E-state index in [0.29, 0.717) is 38.5 Å². The molecule has 3 fully saturated rings. The number of rotatable bonds is 7. The summed E-state index contributed by atoms with van der Waals surface area (Å²) in [5, 5.41) is 2.65. The second-order valence-electron chi connectivity index (χ2n) is 15.4. The van der Waals surface area contributed by atoms with Gasteiger partial charge in [-0.05, 0) is 102 Å². The lowest BCUT2D eigenvalue weighted by atomic mass is 9.65. The monoisotopic (exact) mass is 623 g/mol. The van der Waals surface area contributed by atoms with E-state index in [0.717, 1.165) is 0 Å². The molecule has 0 aromatic heterocycles. The molecule has 0 saturated carbocycles. The Labute approximate surface area is 263 Å². The number of hydrogen-bond donors (Lipinski definition) is 1. The lowest BCUT2D eigenvalue weighted by Crippen LogP contribution is -2.60. The lowest BCUT2D eigenvalue weighted by Gasteiger charge is -2.48. The molecule has 3 saturated heterocycles. The van der Waals surface area contributed by atoms with Gasteiger partial charge >= 0.3 is 25.3 Å². The second kappa shape index (κ2) is 12.7. The summed E-state index contributed by atoms with van der Waals surface area (Å²) in [4.78, 5) is 56.7. The van der Waals surface area contributed by atoms with Crippen LogP contribution in [0.5, 0.6) is 0 Å². The summed E-state index contributed by atoms with van der Waals surface area (Å²) in [5.41, 5.74) is -3.28. The number of hydrogen-bond acceptors (Lipinski definition) is 9. The Morgan fingerprint density at radius 2 is 1.52 bits per heavy atom. The van der Waals surface area contributed by atoms with Crippen LogP contribution in [0.1, 0.15) is 102 Å². The number of piperidine rings is 1. The van der Waals surface area contributed by atoms with Gasteiger partial charge in [-0.3, -0.25) is 9.69 Å². The molecule has 4 atom stereocenters. The number of carbonyl (C=O) groups is 4. The van der Waals surface area contributed by atoms with Crippen LogP contribution in [-0.4, -0.2) is 102 Å². The Morgan fingerprint density at radius 3 is 2.05 bits per heavy atom. The van der Waals surface area contributed by atoms with E-state index < -0.39 is 71.2 Å². The Kier molecular flexibility index (Phi) is 10.4. The van der Waals surface area contributed by atoms with Gasteiger partial charge in [0.25, 0.3) is 0 Å². The van der Waals surface area contributed by atoms with Crippen LogP contribution in [0, 0.1) is 5.41 Å². The van der Waals surface area contributed by atoms with Crippen LogP contribution in [-0.2, 0) is 33.1 Å². The number of nitrogens with zero attached hydrogens (tertiary/aromatic N) is 2. The number of likely N-dealkylation sites (tertiary alicyclic amines) is 2. The molecular weight excluding hydrogens is 569 g/mol. The quantitative estimate of drug-likeness (QED) is 0.247. The van der Waals surface area contributed by atoms with Gasteiger partial charge in [-0.1, -0.05) is 6.42 Å². The minimum atomic E-state index is -0.963. The number of amides is 3. The van der Waals surface area contributed by atoms with Crippen LogP contribution in [0.15, 0.2) is 0 Å². The highest BCUT2D eigenvalue weighted by atomic mass is 16.7. The van der Waals surface area contributed by atoms with E-state index in [2.05, 4.69) is 5.32 Å². The van der Waals surface area contributed by atoms with Gasteiger partial charge in [0.15, 0.2) is 0 Å². The maximum absolute atomic E-state index is 13.9. The molecule has 3 heterocycles.